The van der Waals surface area contributed by atoms with Gasteiger partial charge in [-0.3, -0.25) is 4.79 Å². The number of unbranched alkanes of at least 4 members (excludes halogenated alkanes) is 5. The van der Waals surface area contributed by atoms with Gasteiger partial charge in [0.2, 0.25) is 5.88 Å². The molecule has 0 aliphatic heterocycles. The maximum atomic E-state index is 12.6. The molecule has 40 heavy (non-hydrogen) atoms. The van der Waals surface area contributed by atoms with Gasteiger partial charge in [-0.1, -0.05) is 83.2 Å². The fraction of sp³-hybridized carbons (Fsp3) is 0.559. The molecule has 0 aliphatic carbocycles. The van der Waals surface area contributed by atoms with Crippen molar-refractivity contribution >= 4 is 16.9 Å². The van der Waals surface area contributed by atoms with Crippen LogP contribution in [0.3, 0.4) is 0 Å². The van der Waals surface area contributed by atoms with Crippen LogP contribution in [-0.4, -0.2) is 24.2 Å². The number of carbonyl (C=O) groups is 1. The van der Waals surface area contributed by atoms with Gasteiger partial charge in [0.15, 0.2) is 0 Å². The molecule has 0 spiro atoms. The van der Waals surface area contributed by atoms with Crippen molar-refractivity contribution in [2.24, 2.45) is 16.7 Å². The van der Waals surface area contributed by atoms with Crippen LogP contribution in [0.15, 0.2) is 51.8 Å². The van der Waals surface area contributed by atoms with Gasteiger partial charge in [0.05, 0.1) is 24.2 Å². The summed E-state index contributed by atoms with van der Waals surface area (Å²) in [7, 11) is 0. The summed E-state index contributed by atoms with van der Waals surface area (Å²) in [6.07, 6.45) is 8.79. The smallest absolute Gasteiger partial charge is 0.344 e. The summed E-state index contributed by atoms with van der Waals surface area (Å²) < 4.78 is 17.0. The topological polar surface area (TPSA) is 78.6 Å². The number of aryl methyl sites for hydroxylation is 1. The highest BCUT2D eigenvalue weighted by atomic mass is 16.5. The van der Waals surface area contributed by atoms with E-state index in [1.165, 1.54) is 0 Å². The second kappa shape index (κ2) is 14.0. The first-order valence-electron chi connectivity index (χ1n) is 14.7. The molecule has 1 unspecified atom stereocenters. The molecule has 0 bridgehead atoms. The minimum atomic E-state index is -0.469. The number of fused-ring (bicyclic) bond motifs is 1. The minimum absolute atomic E-state index is 0.0882. The number of hydrogen-bond donors (Lipinski definition) is 0. The lowest BCUT2D eigenvalue weighted by molar-refractivity contribution is -0.157. The number of carbonyl (C=O) groups excluding carboxylic acids is 1. The van der Waals surface area contributed by atoms with Crippen molar-refractivity contribution < 1.29 is 18.7 Å². The number of rotatable bonds is 14. The van der Waals surface area contributed by atoms with E-state index in [0.717, 1.165) is 61.5 Å². The number of nitrogens with zero attached hydrogens (tertiary/aromatic N) is 1. The lowest BCUT2D eigenvalue weighted by Crippen LogP contribution is -2.35. The SMILES string of the molecule is Cc1cccc(-c2cc3cnc(OCCCCCCCCOC(=O)C(C)(C)C(C)CC(C)(C)C)cc3oc2=O)c1. The summed E-state index contributed by atoms with van der Waals surface area (Å²) >= 11 is 0. The van der Waals surface area contributed by atoms with E-state index in [-0.39, 0.29) is 22.9 Å². The van der Waals surface area contributed by atoms with Crippen LogP contribution in [-0.2, 0) is 9.53 Å². The van der Waals surface area contributed by atoms with Crippen molar-refractivity contribution in [1.29, 1.82) is 0 Å². The summed E-state index contributed by atoms with van der Waals surface area (Å²) in [5.41, 5.74) is 2.27. The second-order valence-corrected chi connectivity index (χ2v) is 12.9. The highest BCUT2D eigenvalue weighted by molar-refractivity contribution is 5.81. The van der Waals surface area contributed by atoms with Crippen molar-refractivity contribution in [3.05, 3.63) is 58.6 Å². The quantitative estimate of drug-likeness (QED) is 0.148. The number of esters is 1. The molecule has 218 valence electrons. The van der Waals surface area contributed by atoms with Crippen molar-refractivity contribution in [2.75, 3.05) is 13.2 Å². The zero-order valence-corrected chi connectivity index (χ0v) is 25.5. The van der Waals surface area contributed by atoms with Gasteiger partial charge >= 0.3 is 11.6 Å². The van der Waals surface area contributed by atoms with Gasteiger partial charge in [0, 0.05) is 17.6 Å². The molecule has 1 aromatic carbocycles. The molecule has 0 aliphatic rings. The molecular weight excluding hydrogens is 502 g/mol. The Morgan fingerprint density at radius 3 is 2.30 bits per heavy atom. The van der Waals surface area contributed by atoms with E-state index in [0.29, 0.717) is 30.2 Å². The van der Waals surface area contributed by atoms with Gasteiger partial charge in [0.1, 0.15) is 5.58 Å². The Balaban J connectivity index is 1.32. The van der Waals surface area contributed by atoms with Crippen molar-refractivity contribution in [1.82, 2.24) is 4.98 Å². The molecule has 0 amide bonds. The average Bonchev–Trinajstić information content (AvgIpc) is 2.88. The van der Waals surface area contributed by atoms with Crippen LogP contribution in [0.4, 0.5) is 0 Å². The summed E-state index contributed by atoms with van der Waals surface area (Å²) in [4.78, 5) is 29.6. The maximum absolute atomic E-state index is 12.6. The fourth-order valence-electron chi connectivity index (χ4n) is 4.90. The summed E-state index contributed by atoms with van der Waals surface area (Å²) in [6, 6.07) is 11.3. The van der Waals surface area contributed by atoms with E-state index in [2.05, 4.69) is 32.7 Å². The van der Waals surface area contributed by atoms with E-state index in [1.54, 1.807) is 12.3 Å². The minimum Gasteiger partial charge on any atom is -0.478 e. The number of hydrogen-bond acceptors (Lipinski definition) is 6. The Hall–Kier alpha value is -3.15. The first-order valence-corrected chi connectivity index (χ1v) is 14.7. The maximum Gasteiger partial charge on any atom is 0.344 e. The highest BCUT2D eigenvalue weighted by Crippen LogP contribution is 2.37. The van der Waals surface area contributed by atoms with Gasteiger partial charge in [-0.05, 0) is 63.0 Å². The van der Waals surface area contributed by atoms with Crippen LogP contribution in [0.2, 0.25) is 0 Å². The summed E-state index contributed by atoms with van der Waals surface area (Å²) in [5, 5.41) is 0.761. The van der Waals surface area contributed by atoms with Crippen LogP contribution >= 0.6 is 0 Å². The summed E-state index contributed by atoms with van der Waals surface area (Å²) in [5.74, 6) is 0.637. The number of aromatic nitrogens is 1. The Bertz CT molecular complexity index is 1320. The van der Waals surface area contributed by atoms with Gasteiger partial charge < -0.3 is 13.9 Å². The van der Waals surface area contributed by atoms with E-state index >= 15 is 0 Å². The lowest BCUT2D eigenvalue weighted by atomic mass is 9.72. The molecule has 0 N–H and O–H groups in total. The third-order valence-corrected chi connectivity index (χ3v) is 7.62. The molecule has 0 radical (unpaired) electrons. The van der Waals surface area contributed by atoms with Crippen LogP contribution in [0.5, 0.6) is 5.88 Å². The fourth-order valence-corrected chi connectivity index (χ4v) is 4.90. The van der Waals surface area contributed by atoms with E-state index < -0.39 is 5.41 Å². The monoisotopic (exact) mass is 549 g/mol. The predicted molar refractivity (Wildman–Crippen MR) is 162 cm³/mol. The van der Waals surface area contributed by atoms with E-state index in [9.17, 15) is 9.59 Å². The molecule has 0 fully saturated rings. The lowest BCUT2D eigenvalue weighted by Gasteiger charge is -2.34. The van der Waals surface area contributed by atoms with E-state index in [1.807, 2.05) is 51.1 Å². The Morgan fingerprint density at radius 1 is 0.950 bits per heavy atom. The molecule has 3 aromatic rings. The molecule has 6 heteroatoms. The van der Waals surface area contributed by atoms with Gasteiger partial charge in [-0.15, -0.1) is 0 Å². The molecule has 2 aromatic heterocycles. The van der Waals surface area contributed by atoms with Gasteiger partial charge in [-0.2, -0.15) is 0 Å². The molecule has 6 nitrogen and oxygen atoms in total. The molecule has 3 rings (SSSR count). The first kappa shape index (κ1) is 31.4. The molecule has 2 heterocycles. The van der Waals surface area contributed by atoms with Crippen LogP contribution < -0.4 is 10.4 Å². The second-order valence-electron chi connectivity index (χ2n) is 12.9. The molecule has 1 atom stereocenters. The van der Waals surface area contributed by atoms with Crippen molar-refractivity contribution in [3.63, 3.8) is 0 Å². The Kier molecular flexibility index (Phi) is 11.0. The largest absolute Gasteiger partial charge is 0.478 e. The van der Waals surface area contributed by atoms with Gasteiger partial charge in [0.25, 0.3) is 0 Å². The molecule has 0 saturated carbocycles. The first-order chi connectivity index (χ1) is 18.9. The Morgan fingerprint density at radius 2 is 1.62 bits per heavy atom. The van der Waals surface area contributed by atoms with Crippen LogP contribution in [0, 0.1) is 23.7 Å². The normalized spacial score (nSPS) is 12.9. The zero-order chi connectivity index (χ0) is 29.3. The van der Waals surface area contributed by atoms with Crippen LogP contribution in [0.1, 0.15) is 92.1 Å². The highest BCUT2D eigenvalue weighted by Gasteiger charge is 2.37. The van der Waals surface area contributed by atoms with E-state index in [4.69, 9.17) is 13.9 Å². The molecule has 0 saturated heterocycles. The Labute approximate surface area is 239 Å². The van der Waals surface area contributed by atoms with Gasteiger partial charge in [-0.25, -0.2) is 9.78 Å². The predicted octanol–water partition coefficient (Wildman–Crippen LogP) is 8.52. The average molecular weight is 550 g/mol. The third kappa shape index (κ3) is 9.21. The van der Waals surface area contributed by atoms with Crippen molar-refractivity contribution in [3.8, 4) is 17.0 Å². The van der Waals surface area contributed by atoms with Crippen LogP contribution in [0.25, 0.3) is 22.1 Å². The molecular formula is C34H47NO5. The summed E-state index contributed by atoms with van der Waals surface area (Å²) in [6.45, 7) is 15.8. The third-order valence-electron chi connectivity index (χ3n) is 7.62. The number of ether oxygens (including phenoxy) is 2. The number of benzene rings is 1. The standard InChI is InChI=1S/C34H47NO5/c1-24-15-14-16-26(19-24)28-20-27-23-35-30(21-29(27)40-31(28)36)38-17-12-10-8-9-11-13-18-39-32(37)34(6,7)25(2)22-33(3,4)5/h14-16,19-21,23,25H,8-13,17-18,22H2,1-7H3. The zero-order valence-electron chi connectivity index (χ0n) is 25.5. The van der Waals surface area contributed by atoms with Crippen molar-refractivity contribution in [2.45, 2.75) is 93.4 Å². The number of pyridine rings is 1.